The van der Waals surface area contributed by atoms with Crippen LogP contribution in [0.25, 0.3) is 0 Å². The van der Waals surface area contributed by atoms with E-state index in [1.54, 1.807) is 0 Å². The molecule has 2 nitrogen and oxygen atoms in total. The molecule has 1 spiro atoms. The van der Waals surface area contributed by atoms with Gasteiger partial charge in [0.2, 0.25) is 0 Å². The van der Waals surface area contributed by atoms with Crippen molar-refractivity contribution in [2.75, 3.05) is 18.0 Å². The van der Waals surface area contributed by atoms with Gasteiger partial charge in [-0.1, -0.05) is 35.9 Å². The van der Waals surface area contributed by atoms with Crippen LogP contribution in [0.4, 0.5) is 11.4 Å². The molecule has 0 N–H and O–H groups in total. The smallest absolute Gasteiger partial charge is 0.0671 e. The molecule has 0 aliphatic carbocycles. The van der Waals surface area contributed by atoms with Crippen LogP contribution < -0.4 is 4.90 Å². The molecule has 2 aliphatic rings. The van der Waals surface area contributed by atoms with E-state index in [0.717, 1.165) is 19.5 Å². The summed E-state index contributed by atoms with van der Waals surface area (Å²) in [5, 5.41) is 0. The number of benzene rings is 2. The molecule has 2 aromatic rings. The molecule has 21 heavy (non-hydrogen) atoms. The van der Waals surface area contributed by atoms with Gasteiger partial charge in [0.05, 0.1) is 11.1 Å². The molecular weight excluding hydrogens is 256 g/mol. The Labute approximate surface area is 126 Å². The van der Waals surface area contributed by atoms with Crippen LogP contribution in [0.2, 0.25) is 0 Å². The zero-order chi connectivity index (χ0) is 14.4. The van der Waals surface area contributed by atoms with Crippen LogP contribution in [0.15, 0.2) is 53.5 Å². The predicted molar refractivity (Wildman–Crippen MR) is 88.9 cm³/mol. The van der Waals surface area contributed by atoms with Gasteiger partial charge in [-0.3, -0.25) is 4.99 Å². The molecular formula is C19H20N2. The lowest BCUT2D eigenvalue weighted by atomic mass is 9.77. The van der Waals surface area contributed by atoms with Gasteiger partial charge >= 0.3 is 0 Å². The van der Waals surface area contributed by atoms with Crippen molar-refractivity contribution < 1.29 is 0 Å². The van der Waals surface area contributed by atoms with Gasteiger partial charge in [0, 0.05) is 24.5 Å². The van der Waals surface area contributed by atoms with Crippen LogP contribution in [0.3, 0.4) is 0 Å². The van der Waals surface area contributed by atoms with E-state index in [0.29, 0.717) is 0 Å². The van der Waals surface area contributed by atoms with E-state index in [4.69, 9.17) is 4.99 Å². The number of hydrogen-bond donors (Lipinski definition) is 0. The van der Waals surface area contributed by atoms with Gasteiger partial charge in [0.15, 0.2) is 0 Å². The minimum Gasteiger partial charge on any atom is -0.370 e. The first-order chi connectivity index (χ1) is 10.2. The fourth-order valence-electron chi connectivity index (χ4n) is 3.80. The Balaban J connectivity index is 1.74. The number of rotatable bonds is 1. The molecule has 1 unspecified atom stereocenters. The van der Waals surface area contributed by atoms with Crippen molar-refractivity contribution in [1.29, 1.82) is 0 Å². The monoisotopic (exact) mass is 276 g/mol. The maximum atomic E-state index is 4.85. The molecule has 2 heterocycles. The maximum absolute atomic E-state index is 4.85. The molecule has 2 heteroatoms. The first kappa shape index (κ1) is 12.6. The van der Waals surface area contributed by atoms with E-state index >= 15 is 0 Å². The van der Waals surface area contributed by atoms with E-state index in [1.165, 1.54) is 28.2 Å². The molecule has 106 valence electrons. The zero-order valence-electron chi connectivity index (χ0n) is 12.6. The molecule has 2 aromatic carbocycles. The zero-order valence-corrected chi connectivity index (χ0v) is 12.6. The standard InChI is InChI=1S/C19H20N2/c1-14-8-9-18-17(12-14)19(15(2)20-18)10-11-21(13-19)16-6-4-3-5-7-16/h3-9,12H,10-11,13H2,1-2H3. The van der Waals surface area contributed by atoms with Crippen LogP contribution >= 0.6 is 0 Å². The molecule has 2 aliphatic heterocycles. The maximum Gasteiger partial charge on any atom is 0.0671 e. The van der Waals surface area contributed by atoms with E-state index in [-0.39, 0.29) is 5.41 Å². The van der Waals surface area contributed by atoms with Crippen molar-refractivity contribution >= 4 is 17.1 Å². The lowest BCUT2D eigenvalue weighted by molar-refractivity contribution is 0.656. The van der Waals surface area contributed by atoms with E-state index in [1.807, 2.05) is 0 Å². The molecule has 0 amide bonds. The highest BCUT2D eigenvalue weighted by Crippen LogP contribution is 2.47. The molecule has 0 bridgehead atoms. The van der Waals surface area contributed by atoms with Crippen LogP contribution in [-0.2, 0) is 5.41 Å². The third-order valence-electron chi connectivity index (χ3n) is 5.04. The quantitative estimate of drug-likeness (QED) is 0.760. The number of anilines is 1. The summed E-state index contributed by atoms with van der Waals surface area (Å²) in [6.45, 7) is 6.52. The molecule has 4 rings (SSSR count). The Kier molecular flexibility index (Phi) is 2.68. The van der Waals surface area contributed by atoms with Crippen molar-refractivity contribution in [1.82, 2.24) is 0 Å². The summed E-state index contributed by atoms with van der Waals surface area (Å²) in [7, 11) is 0. The lowest BCUT2D eigenvalue weighted by Crippen LogP contribution is -2.35. The Morgan fingerprint density at radius 3 is 2.67 bits per heavy atom. The Bertz CT molecular complexity index is 718. The molecule has 0 aromatic heterocycles. The second-order valence-corrected chi connectivity index (χ2v) is 6.31. The Hall–Kier alpha value is -2.09. The number of aliphatic imine (C=N–C) groups is 1. The van der Waals surface area contributed by atoms with E-state index < -0.39 is 0 Å². The van der Waals surface area contributed by atoms with Crippen LogP contribution in [0.1, 0.15) is 24.5 Å². The summed E-state index contributed by atoms with van der Waals surface area (Å²) in [5.41, 5.74) is 6.66. The van der Waals surface area contributed by atoms with Gasteiger partial charge in [0.1, 0.15) is 0 Å². The van der Waals surface area contributed by atoms with Gasteiger partial charge < -0.3 is 4.90 Å². The van der Waals surface area contributed by atoms with Crippen molar-refractivity contribution in [3.63, 3.8) is 0 Å². The highest BCUT2D eigenvalue weighted by Gasteiger charge is 2.46. The summed E-state index contributed by atoms with van der Waals surface area (Å²) < 4.78 is 0. The summed E-state index contributed by atoms with van der Waals surface area (Å²) in [5.74, 6) is 0. The highest BCUT2D eigenvalue weighted by molar-refractivity contribution is 6.01. The van der Waals surface area contributed by atoms with E-state index in [9.17, 15) is 0 Å². The van der Waals surface area contributed by atoms with Gasteiger partial charge in [-0.25, -0.2) is 0 Å². The molecule has 0 saturated carbocycles. The predicted octanol–water partition coefficient (Wildman–Crippen LogP) is 4.25. The third kappa shape index (κ3) is 1.82. The molecule has 1 atom stereocenters. The van der Waals surface area contributed by atoms with Crippen molar-refractivity contribution in [3.05, 3.63) is 59.7 Å². The van der Waals surface area contributed by atoms with Gasteiger partial charge in [-0.2, -0.15) is 0 Å². The minimum absolute atomic E-state index is 0.122. The van der Waals surface area contributed by atoms with E-state index in [2.05, 4.69) is 67.3 Å². The normalized spacial score (nSPS) is 23.5. The Morgan fingerprint density at radius 1 is 1.05 bits per heavy atom. The number of aryl methyl sites for hydroxylation is 1. The fourth-order valence-corrected chi connectivity index (χ4v) is 3.80. The minimum atomic E-state index is 0.122. The van der Waals surface area contributed by atoms with Crippen LogP contribution in [-0.4, -0.2) is 18.8 Å². The third-order valence-corrected chi connectivity index (χ3v) is 5.04. The SMILES string of the molecule is CC1=Nc2ccc(C)cc2C12CCN(c1ccccc1)C2. The highest BCUT2D eigenvalue weighted by atomic mass is 15.2. The molecule has 1 fully saturated rings. The van der Waals surface area contributed by atoms with Crippen LogP contribution in [0, 0.1) is 6.92 Å². The summed E-state index contributed by atoms with van der Waals surface area (Å²) in [6, 6.07) is 17.4. The van der Waals surface area contributed by atoms with Gasteiger partial charge in [0.25, 0.3) is 0 Å². The topological polar surface area (TPSA) is 15.6 Å². The number of para-hydroxylation sites is 1. The second kappa shape index (κ2) is 4.45. The van der Waals surface area contributed by atoms with Gasteiger partial charge in [-0.15, -0.1) is 0 Å². The molecule has 0 radical (unpaired) electrons. The largest absolute Gasteiger partial charge is 0.370 e. The van der Waals surface area contributed by atoms with Crippen molar-refractivity contribution in [2.24, 2.45) is 4.99 Å². The average molecular weight is 276 g/mol. The Morgan fingerprint density at radius 2 is 1.86 bits per heavy atom. The van der Waals surface area contributed by atoms with Gasteiger partial charge in [-0.05, 0) is 44.0 Å². The fraction of sp³-hybridized carbons (Fsp3) is 0.316. The van der Waals surface area contributed by atoms with Crippen molar-refractivity contribution in [2.45, 2.75) is 25.7 Å². The van der Waals surface area contributed by atoms with Crippen LogP contribution in [0.5, 0.6) is 0 Å². The first-order valence-corrected chi connectivity index (χ1v) is 7.66. The summed E-state index contributed by atoms with van der Waals surface area (Å²) in [6.07, 6.45) is 1.16. The first-order valence-electron chi connectivity index (χ1n) is 7.66. The lowest BCUT2D eigenvalue weighted by Gasteiger charge is -2.27. The number of fused-ring (bicyclic) bond motifs is 2. The summed E-state index contributed by atoms with van der Waals surface area (Å²) >= 11 is 0. The number of hydrogen-bond acceptors (Lipinski definition) is 2. The van der Waals surface area contributed by atoms with Crippen molar-refractivity contribution in [3.8, 4) is 0 Å². The summed E-state index contributed by atoms with van der Waals surface area (Å²) in [4.78, 5) is 7.34. The second-order valence-electron chi connectivity index (χ2n) is 6.31. The average Bonchev–Trinajstić information content (AvgIpc) is 3.06. The molecule has 1 saturated heterocycles. The number of nitrogens with zero attached hydrogens (tertiary/aromatic N) is 2.